The summed E-state index contributed by atoms with van der Waals surface area (Å²) in [7, 11) is 0. The molecule has 4 aliphatic rings. The van der Waals surface area contributed by atoms with Crippen molar-refractivity contribution in [1.82, 2.24) is 4.90 Å². The van der Waals surface area contributed by atoms with Gasteiger partial charge in [-0.05, 0) is 119 Å². The van der Waals surface area contributed by atoms with Crippen molar-refractivity contribution in [3.63, 3.8) is 0 Å². The Morgan fingerprint density at radius 3 is 1.61 bits per heavy atom. The summed E-state index contributed by atoms with van der Waals surface area (Å²) in [5.41, 5.74) is 0. The molecule has 4 rings (SSSR count). The lowest BCUT2D eigenvalue weighted by Crippen LogP contribution is -2.54. The largest absolute Gasteiger partial charge is 0.393 e. The third kappa shape index (κ3) is 6.08. The van der Waals surface area contributed by atoms with E-state index in [9.17, 15) is 5.11 Å². The minimum Gasteiger partial charge on any atom is -0.393 e. The molecule has 0 heterocycles. The summed E-state index contributed by atoms with van der Waals surface area (Å²) >= 11 is 0. The van der Waals surface area contributed by atoms with E-state index in [1.54, 1.807) is 0 Å². The molecule has 0 aliphatic heterocycles. The Kier molecular flexibility index (Phi) is 8.46. The van der Waals surface area contributed by atoms with E-state index in [0.29, 0.717) is 0 Å². The molecule has 180 valence electrons. The molecule has 4 saturated carbocycles. The van der Waals surface area contributed by atoms with Gasteiger partial charge in [0.05, 0.1) is 6.10 Å². The van der Waals surface area contributed by atoms with Gasteiger partial charge in [0.15, 0.2) is 0 Å². The fourth-order valence-corrected chi connectivity index (χ4v) is 8.10. The molecule has 8 atom stereocenters. The van der Waals surface area contributed by atoms with Crippen molar-refractivity contribution >= 4 is 0 Å². The van der Waals surface area contributed by atoms with Crippen molar-refractivity contribution < 1.29 is 5.11 Å². The Bertz CT molecular complexity index is 515. The molecule has 0 bridgehead atoms. The van der Waals surface area contributed by atoms with Gasteiger partial charge in [0.25, 0.3) is 0 Å². The average molecular weight is 432 g/mol. The first-order valence-corrected chi connectivity index (χ1v) is 14.4. The monoisotopic (exact) mass is 431 g/mol. The van der Waals surface area contributed by atoms with E-state index >= 15 is 0 Å². The van der Waals surface area contributed by atoms with E-state index in [1.165, 1.54) is 83.5 Å². The predicted octanol–water partition coefficient (Wildman–Crippen LogP) is 7.44. The van der Waals surface area contributed by atoms with E-state index in [-0.39, 0.29) is 6.10 Å². The zero-order valence-corrected chi connectivity index (χ0v) is 21.3. The summed E-state index contributed by atoms with van der Waals surface area (Å²) in [6.45, 7) is 10.0. The first kappa shape index (κ1) is 24.1. The molecule has 0 aromatic heterocycles. The number of rotatable bonds is 5. The highest BCUT2D eigenvalue weighted by Gasteiger charge is 2.40. The van der Waals surface area contributed by atoms with Crippen molar-refractivity contribution in [1.29, 1.82) is 0 Å². The molecule has 4 fully saturated rings. The molecule has 0 saturated heterocycles. The van der Waals surface area contributed by atoms with Crippen LogP contribution >= 0.6 is 0 Å². The Balaban J connectivity index is 1.37. The van der Waals surface area contributed by atoms with E-state index in [4.69, 9.17) is 0 Å². The molecular formula is C29H53NO. The van der Waals surface area contributed by atoms with Crippen LogP contribution in [0, 0.1) is 35.5 Å². The second-order valence-electron chi connectivity index (χ2n) is 12.9. The average Bonchev–Trinajstić information content (AvgIpc) is 2.75. The van der Waals surface area contributed by atoms with Gasteiger partial charge in [0.1, 0.15) is 0 Å². The Labute approximate surface area is 193 Å². The summed E-state index contributed by atoms with van der Waals surface area (Å²) in [5.74, 6) is 5.38. The van der Waals surface area contributed by atoms with Gasteiger partial charge in [-0.3, -0.25) is 4.90 Å². The quantitative estimate of drug-likeness (QED) is 0.489. The van der Waals surface area contributed by atoms with Crippen LogP contribution in [0.4, 0.5) is 0 Å². The maximum Gasteiger partial charge on any atom is 0.0542 e. The Hall–Kier alpha value is -0.0800. The van der Waals surface area contributed by atoms with Gasteiger partial charge in [-0.1, -0.05) is 40.5 Å². The summed E-state index contributed by atoms with van der Waals surface area (Å²) < 4.78 is 0. The smallest absolute Gasteiger partial charge is 0.0542 e. The molecule has 0 amide bonds. The molecule has 31 heavy (non-hydrogen) atoms. The van der Waals surface area contributed by atoms with E-state index in [1.807, 2.05) is 0 Å². The van der Waals surface area contributed by atoms with Crippen LogP contribution < -0.4 is 0 Å². The number of aliphatic hydroxyl groups is 1. The molecule has 2 heteroatoms. The number of hydrogen-bond donors (Lipinski definition) is 1. The fourth-order valence-electron chi connectivity index (χ4n) is 8.10. The lowest BCUT2D eigenvalue weighted by Gasteiger charge is -2.51. The first-order chi connectivity index (χ1) is 14.9. The molecule has 0 aromatic rings. The van der Waals surface area contributed by atoms with Crippen LogP contribution in [0.3, 0.4) is 0 Å². The molecule has 0 spiro atoms. The SMILES string of the molecule is CC1CCC(N(C2CCC(CC3CCCC(O)C3)CC2)C2CCC(C)C(C)C2)CC1C. The van der Waals surface area contributed by atoms with Crippen LogP contribution in [0.25, 0.3) is 0 Å². The molecule has 1 N–H and O–H groups in total. The van der Waals surface area contributed by atoms with Gasteiger partial charge in [0, 0.05) is 18.1 Å². The van der Waals surface area contributed by atoms with Crippen LogP contribution in [0.5, 0.6) is 0 Å². The van der Waals surface area contributed by atoms with Gasteiger partial charge in [-0.2, -0.15) is 0 Å². The van der Waals surface area contributed by atoms with Gasteiger partial charge < -0.3 is 5.11 Å². The van der Waals surface area contributed by atoms with Crippen molar-refractivity contribution in [2.24, 2.45) is 35.5 Å². The second-order valence-corrected chi connectivity index (χ2v) is 12.9. The lowest BCUT2D eigenvalue weighted by atomic mass is 9.72. The molecule has 8 unspecified atom stereocenters. The van der Waals surface area contributed by atoms with E-state index in [2.05, 4.69) is 32.6 Å². The van der Waals surface area contributed by atoms with Gasteiger partial charge >= 0.3 is 0 Å². The normalized spacial score (nSPS) is 47.4. The maximum atomic E-state index is 10.1. The van der Waals surface area contributed by atoms with Gasteiger partial charge in [0.2, 0.25) is 0 Å². The molecular weight excluding hydrogens is 378 g/mol. The molecule has 4 aliphatic carbocycles. The Morgan fingerprint density at radius 2 is 1.10 bits per heavy atom. The summed E-state index contributed by atoms with van der Waals surface area (Å²) in [6.07, 6.45) is 20.6. The van der Waals surface area contributed by atoms with Crippen molar-refractivity contribution in [2.45, 2.75) is 148 Å². The van der Waals surface area contributed by atoms with Crippen molar-refractivity contribution in [2.75, 3.05) is 0 Å². The molecule has 0 radical (unpaired) electrons. The van der Waals surface area contributed by atoms with Crippen LogP contribution in [-0.4, -0.2) is 34.2 Å². The topological polar surface area (TPSA) is 23.5 Å². The highest BCUT2D eigenvalue weighted by atomic mass is 16.3. The zero-order chi connectivity index (χ0) is 22.0. The number of nitrogens with zero attached hydrogens (tertiary/aromatic N) is 1. The van der Waals surface area contributed by atoms with E-state index < -0.39 is 0 Å². The predicted molar refractivity (Wildman–Crippen MR) is 132 cm³/mol. The fraction of sp³-hybridized carbons (Fsp3) is 1.00. The number of hydrogen-bond acceptors (Lipinski definition) is 2. The van der Waals surface area contributed by atoms with Crippen molar-refractivity contribution in [3.05, 3.63) is 0 Å². The summed E-state index contributed by atoms with van der Waals surface area (Å²) in [6, 6.07) is 2.56. The van der Waals surface area contributed by atoms with Crippen molar-refractivity contribution in [3.8, 4) is 0 Å². The van der Waals surface area contributed by atoms with Gasteiger partial charge in [-0.15, -0.1) is 0 Å². The number of aliphatic hydroxyl groups excluding tert-OH is 1. The van der Waals surface area contributed by atoms with Crippen LogP contribution in [0.15, 0.2) is 0 Å². The van der Waals surface area contributed by atoms with Crippen LogP contribution in [-0.2, 0) is 0 Å². The molecule has 2 nitrogen and oxygen atoms in total. The minimum absolute atomic E-state index is 0.00283. The highest BCUT2D eigenvalue weighted by molar-refractivity contribution is 4.94. The molecule has 0 aromatic carbocycles. The summed E-state index contributed by atoms with van der Waals surface area (Å²) in [5, 5.41) is 10.1. The zero-order valence-electron chi connectivity index (χ0n) is 21.3. The first-order valence-electron chi connectivity index (χ1n) is 14.4. The van der Waals surface area contributed by atoms with Crippen LogP contribution in [0.1, 0.15) is 124 Å². The highest BCUT2D eigenvalue weighted by Crippen LogP contribution is 2.43. The van der Waals surface area contributed by atoms with Crippen LogP contribution in [0.2, 0.25) is 0 Å². The summed E-state index contributed by atoms with van der Waals surface area (Å²) in [4.78, 5) is 3.14. The Morgan fingerprint density at radius 1 is 0.548 bits per heavy atom. The third-order valence-corrected chi connectivity index (χ3v) is 10.6. The van der Waals surface area contributed by atoms with E-state index in [0.717, 1.165) is 66.5 Å². The minimum atomic E-state index is -0.00283. The standard InChI is InChI=1S/C29H53NO/c1-20-8-12-27(16-22(20)3)30(28-13-9-21(2)23(4)17-28)26-14-10-24(11-15-26)18-25-6-5-7-29(31)19-25/h20-29,31H,5-19H2,1-4H3. The third-order valence-electron chi connectivity index (χ3n) is 10.6. The lowest BCUT2D eigenvalue weighted by molar-refractivity contribution is -0.0154. The second kappa shape index (κ2) is 10.9. The van der Waals surface area contributed by atoms with Gasteiger partial charge in [-0.25, -0.2) is 0 Å². The maximum absolute atomic E-state index is 10.1.